The Kier molecular flexibility index (Phi) is 5.17. The first kappa shape index (κ1) is 19.9. The van der Waals surface area contributed by atoms with Gasteiger partial charge >= 0.3 is 6.55 Å². The van der Waals surface area contributed by atoms with E-state index in [9.17, 15) is 8.78 Å². The molecule has 30 heavy (non-hydrogen) atoms. The maximum atomic E-state index is 12.7. The summed E-state index contributed by atoms with van der Waals surface area (Å²) in [5.74, 6) is 0.557. The van der Waals surface area contributed by atoms with Crippen molar-refractivity contribution < 1.29 is 8.78 Å². The van der Waals surface area contributed by atoms with E-state index in [1.165, 1.54) is 16.9 Å². The van der Waals surface area contributed by atoms with Gasteiger partial charge in [0.2, 0.25) is 0 Å². The summed E-state index contributed by atoms with van der Waals surface area (Å²) < 4.78 is 27.4. The number of hydrogen-bond donors (Lipinski definition) is 1. The van der Waals surface area contributed by atoms with Crippen molar-refractivity contribution >= 4 is 17.4 Å². The van der Waals surface area contributed by atoms with Gasteiger partial charge < -0.3 is 5.73 Å². The van der Waals surface area contributed by atoms with Gasteiger partial charge in [0, 0.05) is 11.8 Å². The zero-order valence-electron chi connectivity index (χ0n) is 16.1. The van der Waals surface area contributed by atoms with Crippen LogP contribution >= 0.6 is 11.6 Å². The molecule has 11 heteroatoms. The first-order chi connectivity index (χ1) is 14.3. The maximum absolute atomic E-state index is 12.7. The van der Waals surface area contributed by atoms with E-state index in [0.717, 1.165) is 16.7 Å². The lowest BCUT2D eigenvalue weighted by molar-refractivity contribution is 0.0561. The van der Waals surface area contributed by atoms with Crippen LogP contribution in [0.2, 0.25) is 5.02 Å². The minimum atomic E-state index is -2.70. The Morgan fingerprint density at radius 1 is 1.17 bits per heavy atom. The van der Waals surface area contributed by atoms with Crippen LogP contribution in [-0.4, -0.2) is 34.7 Å². The fourth-order valence-corrected chi connectivity index (χ4v) is 3.15. The number of halogens is 3. The lowest BCUT2D eigenvalue weighted by atomic mass is 10.0. The molecule has 3 aromatic heterocycles. The van der Waals surface area contributed by atoms with Crippen molar-refractivity contribution in [2.45, 2.75) is 26.9 Å². The van der Waals surface area contributed by atoms with E-state index in [-0.39, 0.29) is 17.4 Å². The van der Waals surface area contributed by atoms with Gasteiger partial charge in [0.1, 0.15) is 22.2 Å². The average Bonchev–Trinajstić information content (AvgIpc) is 3.36. The third-order valence-electron chi connectivity index (χ3n) is 4.69. The Hall–Kier alpha value is -3.40. The van der Waals surface area contributed by atoms with Gasteiger partial charge in [-0.15, -0.1) is 5.10 Å². The molecule has 0 saturated carbocycles. The van der Waals surface area contributed by atoms with Gasteiger partial charge in [-0.05, 0) is 31.0 Å². The number of rotatable bonds is 5. The molecule has 8 nitrogen and oxygen atoms in total. The summed E-state index contributed by atoms with van der Waals surface area (Å²) in [5, 5.41) is 12.1. The molecule has 4 aromatic rings. The van der Waals surface area contributed by atoms with E-state index in [1.807, 2.05) is 32.0 Å². The number of alkyl halides is 2. The zero-order valence-corrected chi connectivity index (χ0v) is 16.8. The molecule has 154 valence electrons. The van der Waals surface area contributed by atoms with Crippen LogP contribution in [0, 0.1) is 13.8 Å². The Morgan fingerprint density at radius 2 is 1.97 bits per heavy atom. The molecular weight excluding hydrogens is 414 g/mol. The third kappa shape index (κ3) is 3.73. The first-order valence-electron chi connectivity index (χ1n) is 8.95. The molecule has 0 atom stereocenters. The van der Waals surface area contributed by atoms with Gasteiger partial charge in [-0.2, -0.15) is 13.9 Å². The van der Waals surface area contributed by atoms with Crippen molar-refractivity contribution in [2.24, 2.45) is 0 Å². The molecule has 0 bridgehead atoms. The second kappa shape index (κ2) is 7.79. The van der Waals surface area contributed by atoms with Crippen molar-refractivity contribution in [3.8, 4) is 22.8 Å². The van der Waals surface area contributed by atoms with Crippen LogP contribution in [0.4, 0.5) is 14.6 Å². The van der Waals surface area contributed by atoms with E-state index in [1.54, 1.807) is 6.20 Å². The normalized spacial score (nSPS) is 11.4. The summed E-state index contributed by atoms with van der Waals surface area (Å²) in [6.07, 6.45) is 2.80. The molecule has 1 aromatic carbocycles. The predicted molar refractivity (Wildman–Crippen MR) is 108 cm³/mol. The van der Waals surface area contributed by atoms with E-state index in [4.69, 9.17) is 17.3 Å². The number of benzene rings is 1. The van der Waals surface area contributed by atoms with Crippen LogP contribution in [0.15, 0.2) is 36.7 Å². The van der Waals surface area contributed by atoms with Gasteiger partial charge in [0.25, 0.3) is 0 Å². The molecule has 0 fully saturated rings. The minimum absolute atomic E-state index is 0.128. The number of anilines is 1. The standard InChI is InChI=1S/C19H17ClF2N8/c1-10-4-3-5-13(11(10)2)18-24-16(15(20)17(23)25-18)14-9-29(28-26-14)8-12-6-7-30(27-12)19(21)22/h3-7,9,19H,8H2,1-2H3,(H2,23,24,25). The highest BCUT2D eigenvalue weighted by Crippen LogP contribution is 2.32. The third-order valence-corrected chi connectivity index (χ3v) is 5.06. The topological polar surface area (TPSA) is 100 Å². The Labute approximate surface area is 175 Å². The predicted octanol–water partition coefficient (Wildman–Crippen LogP) is 3.89. The largest absolute Gasteiger partial charge is 0.382 e. The van der Waals surface area contributed by atoms with Crippen molar-refractivity contribution in [3.05, 3.63) is 58.5 Å². The number of hydrogen-bond acceptors (Lipinski definition) is 6. The summed E-state index contributed by atoms with van der Waals surface area (Å²) in [5.41, 5.74) is 10.1. The number of nitrogen functional groups attached to an aromatic ring is 1. The molecular formula is C19H17ClF2N8. The molecule has 0 aliphatic heterocycles. The van der Waals surface area contributed by atoms with Crippen LogP contribution in [0.5, 0.6) is 0 Å². The molecule has 0 saturated heterocycles. The monoisotopic (exact) mass is 430 g/mol. The number of nitrogens with two attached hydrogens (primary N) is 1. The molecule has 0 aliphatic rings. The molecule has 0 aliphatic carbocycles. The minimum Gasteiger partial charge on any atom is -0.382 e. The molecule has 0 spiro atoms. The molecule has 0 unspecified atom stereocenters. The SMILES string of the molecule is Cc1cccc(-c2nc(N)c(Cl)c(-c3cn(Cc4ccn(C(F)F)n4)nn3)n2)c1C. The average molecular weight is 431 g/mol. The number of aryl methyl sites for hydroxylation is 1. The smallest absolute Gasteiger partial charge is 0.333 e. The quantitative estimate of drug-likeness (QED) is 0.515. The van der Waals surface area contributed by atoms with Crippen molar-refractivity contribution in [1.82, 2.24) is 34.7 Å². The Balaban J connectivity index is 1.69. The summed E-state index contributed by atoms with van der Waals surface area (Å²) in [4.78, 5) is 8.89. The highest BCUT2D eigenvalue weighted by molar-refractivity contribution is 6.35. The summed E-state index contributed by atoms with van der Waals surface area (Å²) >= 11 is 6.34. The van der Waals surface area contributed by atoms with Gasteiger partial charge in [0.15, 0.2) is 5.82 Å². The van der Waals surface area contributed by atoms with Crippen LogP contribution in [-0.2, 0) is 6.54 Å². The van der Waals surface area contributed by atoms with Crippen molar-refractivity contribution in [3.63, 3.8) is 0 Å². The summed E-state index contributed by atoms with van der Waals surface area (Å²) in [6, 6.07) is 7.31. The van der Waals surface area contributed by atoms with E-state index in [2.05, 4.69) is 25.4 Å². The van der Waals surface area contributed by atoms with Gasteiger partial charge in [-0.3, -0.25) is 0 Å². The highest BCUT2D eigenvalue weighted by atomic mass is 35.5. The fourth-order valence-electron chi connectivity index (χ4n) is 2.97. The van der Waals surface area contributed by atoms with Gasteiger partial charge in [0.05, 0.1) is 18.4 Å². The Morgan fingerprint density at radius 3 is 2.70 bits per heavy atom. The first-order valence-corrected chi connectivity index (χ1v) is 9.33. The fraction of sp³-hybridized carbons (Fsp3) is 0.211. The van der Waals surface area contributed by atoms with Crippen LogP contribution < -0.4 is 5.73 Å². The van der Waals surface area contributed by atoms with Crippen molar-refractivity contribution in [2.75, 3.05) is 5.73 Å². The van der Waals surface area contributed by atoms with Crippen LogP contribution in [0.3, 0.4) is 0 Å². The molecule has 2 N–H and O–H groups in total. The Bertz CT molecular complexity index is 1220. The molecule has 4 rings (SSSR count). The van der Waals surface area contributed by atoms with Gasteiger partial charge in [-0.1, -0.05) is 35.0 Å². The van der Waals surface area contributed by atoms with Gasteiger partial charge in [-0.25, -0.2) is 19.3 Å². The maximum Gasteiger partial charge on any atom is 0.333 e. The van der Waals surface area contributed by atoms with E-state index >= 15 is 0 Å². The van der Waals surface area contributed by atoms with Crippen LogP contribution in [0.25, 0.3) is 22.8 Å². The second-order valence-electron chi connectivity index (χ2n) is 6.71. The van der Waals surface area contributed by atoms with E-state index in [0.29, 0.717) is 27.6 Å². The second-order valence-corrected chi connectivity index (χ2v) is 7.09. The highest BCUT2D eigenvalue weighted by Gasteiger charge is 2.18. The summed E-state index contributed by atoms with van der Waals surface area (Å²) in [7, 11) is 0. The number of nitrogens with zero attached hydrogens (tertiary/aromatic N) is 7. The lowest BCUT2D eigenvalue weighted by Gasteiger charge is -2.10. The van der Waals surface area contributed by atoms with Crippen LogP contribution in [0.1, 0.15) is 23.4 Å². The molecule has 0 radical (unpaired) electrons. The molecule has 3 heterocycles. The zero-order chi connectivity index (χ0) is 21.4. The molecule has 0 amide bonds. The lowest BCUT2D eigenvalue weighted by Crippen LogP contribution is -2.04. The van der Waals surface area contributed by atoms with E-state index < -0.39 is 6.55 Å². The summed E-state index contributed by atoms with van der Waals surface area (Å²) in [6.45, 7) is 1.44. The number of aromatic nitrogens is 7. The van der Waals surface area contributed by atoms with Crippen molar-refractivity contribution in [1.29, 1.82) is 0 Å².